The molecule has 0 bridgehead atoms. The molecule has 1 N–H and O–H groups in total. The molecule has 0 saturated heterocycles. The molecule has 6 nitrogen and oxygen atoms in total. The van der Waals surface area contributed by atoms with Crippen molar-refractivity contribution in [3.05, 3.63) is 77.2 Å². The standard InChI is InChI=1S/C23H23ClN4O2/c1-15(11-16-14-27(2)22-8-6-18(30-3)13-19(16)22)26-23(29)20-12-17(5-7-21(20)24)28-10-4-9-25-28/h4-10,12-15H,11H2,1-3H3,(H,26,29). The second-order valence-electron chi connectivity index (χ2n) is 7.34. The van der Waals surface area contributed by atoms with Crippen LogP contribution < -0.4 is 10.1 Å². The van der Waals surface area contributed by atoms with Gasteiger partial charge in [-0.2, -0.15) is 5.10 Å². The first-order valence-corrected chi connectivity index (χ1v) is 10.1. The number of carbonyl (C=O) groups excluding carboxylic acids is 1. The summed E-state index contributed by atoms with van der Waals surface area (Å²) in [6.07, 6.45) is 6.29. The smallest absolute Gasteiger partial charge is 0.253 e. The number of hydrogen-bond acceptors (Lipinski definition) is 3. The Hall–Kier alpha value is -3.25. The maximum Gasteiger partial charge on any atom is 0.253 e. The average molecular weight is 423 g/mol. The third-order valence-corrected chi connectivity index (χ3v) is 5.48. The van der Waals surface area contributed by atoms with Gasteiger partial charge in [-0.3, -0.25) is 4.79 Å². The van der Waals surface area contributed by atoms with Gasteiger partial charge in [-0.15, -0.1) is 0 Å². The van der Waals surface area contributed by atoms with Crippen molar-refractivity contribution in [2.45, 2.75) is 19.4 Å². The van der Waals surface area contributed by atoms with Crippen LogP contribution in [0.5, 0.6) is 5.75 Å². The maximum atomic E-state index is 12.9. The summed E-state index contributed by atoms with van der Waals surface area (Å²) in [5, 5.41) is 8.80. The van der Waals surface area contributed by atoms with E-state index in [-0.39, 0.29) is 11.9 Å². The predicted octanol–water partition coefficient (Wildman–Crippen LogP) is 4.39. The molecule has 0 aliphatic rings. The number of nitrogens with one attached hydrogen (secondary N) is 1. The second-order valence-corrected chi connectivity index (χ2v) is 7.75. The fourth-order valence-corrected chi connectivity index (χ4v) is 3.88. The third-order valence-electron chi connectivity index (χ3n) is 5.15. The van der Waals surface area contributed by atoms with Crippen LogP contribution in [0.15, 0.2) is 61.1 Å². The highest BCUT2D eigenvalue weighted by molar-refractivity contribution is 6.33. The van der Waals surface area contributed by atoms with Crippen molar-refractivity contribution in [1.29, 1.82) is 0 Å². The zero-order chi connectivity index (χ0) is 21.3. The van der Waals surface area contributed by atoms with Crippen molar-refractivity contribution in [3.63, 3.8) is 0 Å². The largest absolute Gasteiger partial charge is 0.497 e. The van der Waals surface area contributed by atoms with Crippen molar-refractivity contribution < 1.29 is 9.53 Å². The number of nitrogens with zero attached hydrogens (tertiary/aromatic N) is 3. The number of halogens is 1. The minimum absolute atomic E-state index is 0.0845. The van der Waals surface area contributed by atoms with E-state index >= 15 is 0 Å². The molecule has 1 unspecified atom stereocenters. The maximum absolute atomic E-state index is 12.9. The normalized spacial score (nSPS) is 12.1. The molecule has 2 heterocycles. The summed E-state index contributed by atoms with van der Waals surface area (Å²) in [5.74, 6) is 0.605. The van der Waals surface area contributed by atoms with Gasteiger partial charge in [0.25, 0.3) is 5.91 Å². The van der Waals surface area contributed by atoms with Gasteiger partial charge in [0.05, 0.1) is 23.4 Å². The van der Waals surface area contributed by atoms with Gasteiger partial charge < -0.3 is 14.6 Å². The lowest BCUT2D eigenvalue weighted by atomic mass is 10.1. The second kappa shape index (κ2) is 8.24. The van der Waals surface area contributed by atoms with Crippen LogP contribution in [0.1, 0.15) is 22.8 Å². The lowest BCUT2D eigenvalue weighted by Gasteiger charge is -2.15. The summed E-state index contributed by atoms with van der Waals surface area (Å²) >= 11 is 6.30. The van der Waals surface area contributed by atoms with Gasteiger partial charge >= 0.3 is 0 Å². The number of methoxy groups -OCH3 is 1. The highest BCUT2D eigenvalue weighted by Crippen LogP contribution is 2.26. The van der Waals surface area contributed by atoms with Crippen LogP contribution in [0, 0.1) is 0 Å². The minimum atomic E-state index is -0.209. The van der Waals surface area contributed by atoms with E-state index in [0.29, 0.717) is 17.0 Å². The van der Waals surface area contributed by atoms with Crippen LogP contribution in [0.25, 0.3) is 16.6 Å². The Morgan fingerprint density at radius 3 is 2.83 bits per heavy atom. The molecule has 2 aromatic carbocycles. The van der Waals surface area contributed by atoms with Crippen molar-refractivity contribution in [2.75, 3.05) is 7.11 Å². The average Bonchev–Trinajstić information content (AvgIpc) is 3.37. The zero-order valence-electron chi connectivity index (χ0n) is 17.1. The van der Waals surface area contributed by atoms with Gasteiger partial charge in [0, 0.05) is 42.6 Å². The topological polar surface area (TPSA) is 61.1 Å². The molecule has 30 heavy (non-hydrogen) atoms. The monoisotopic (exact) mass is 422 g/mol. The highest BCUT2D eigenvalue weighted by atomic mass is 35.5. The Kier molecular flexibility index (Phi) is 5.50. The van der Waals surface area contributed by atoms with E-state index in [4.69, 9.17) is 16.3 Å². The molecule has 0 aliphatic carbocycles. The van der Waals surface area contributed by atoms with Gasteiger partial charge in [0.2, 0.25) is 0 Å². The summed E-state index contributed by atoms with van der Waals surface area (Å²) < 4.78 is 9.15. The van der Waals surface area contributed by atoms with Gasteiger partial charge in [0.15, 0.2) is 0 Å². The van der Waals surface area contributed by atoms with E-state index in [1.807, 2.05) is 50.5 Å². The Morgan fingerprint density at radius 1 is 1.27 bits per heavy atom. The van der Waals surface area contributed by atoms with Crippen LogP contribution in [0.2, 0.25) is 5.02 Å². The molecule has 2 aromatic heterocycles. The molecule has 0 fully saturated rings. The Balaban J connectivity index is 1.53. The Bertz CT molecular complexity index is 1200. The molecule has 0 saturated carbocycles. The number of benzene rings is 2. The summed E-state index contributed by atoms with van der Waals surface area (Å²) in [4.78, 5) is 12.9. The quantitative estimate of drug-likeness (QED) is 0.501. The van der Waals surface area contributed by atoms with Gasteiger partial charge in [-0.25, -0.2) is 4.68 Å². The van der Waals surface area contributed by atoms with Crippen LogP contribution in [-0.2, 0) is 13.5 Å². The molecule has 1 atom stereocenters. The summed E-state index contributed by atoms with van der Waals surface area (Å²) in [6, 6.07) is 13.1. The zero-order valence-corrected chi connectivity index (χ0v) is 17.8. The first-order valence-electron chi connectivity index (χ1n) is 9.68. The van der Waals surface area contributed by atoms with Crippen LogP contribution in [-0.4, -0.2) is 33.4 Å². The lowest BCUT2D eigenvalue weighted by Crippen LogP contribution is -2.34. The van der Waals surface area contributed by atoms with E-state index in [9.17, 15) is 4.79 Å². The van der Waals surface area contributed by atoms with E-state index in [0.717, 1.165) is 27.9 Å². The lowest BCUT2D eigenvalue weighted by molar-refractivity contribution is 0.0940. The number of aromatic nitrogens is 3. The molecule has 7 heteroatoms. The number of rotatable bonds is 6. The molecule has 0 aliphatic heterocycles. The minimum Gasteiger partial charge on any atom is -0.497 e. The molecule has 4 aromatic rings. The number of amides is 1. The predicted molar refractivity (Wildman–Crippen MR) is 119 cm³/mol. The first kappa shape index (κ1) is 20.0. The van der Waals surface area contributed by atoms with Crippen LogP contribution in [0.3, 0.4) is 0 Å². The van der Waals surface area contributed by atoms with Crippen LogP contribution in [0.4, 0.5) is 0 Å². The Labute approximate surface area is 180 Å². The van der Waals surface area contributed by atoms with Gasteiger partial charge in [-0.1, -0.05) is 11.6 Å². The van der Waals surface area contributed by atoms with Gasteiger partial charge in [0.1, 0.15) is 5.75 Å². The Morgan fingerprint density at radius 2 is 2.10 bits per heavy atom. The highest BCUT2D eigenvalue weighted by Gasteiger charge is 2.17. The number of ether oxygens (including phenoxy) is 1. The van der Waals surface area contributed by atoms with Crippen molar-refractivity contribution >= 4 is 28.4 Å². The molecule has 1 amide bonds. The molecule has 0 spiro atoms. The molecular weight excluding hydrogens is 400 g/mol. The van der Waals surface area contributed by atoms with Crippen molar-refractivity contribution in [3.8, 4) is 11.4 Å². The summed E-state index contributed by atoms with van der Waals surface area (Å²) in [5.41, 5.74) is 3.48. The fraction of sp³-hybridized carbons (Fsp3) is 0.217. The van der Waals surface area contributed by atoms with Crippen LogP contribution >= 0.6 is 11.6 Å². The van der Waals surface area contributed by atoms with E-state index < -0.39 is 0 Å². The number of hydrogen-bond donors (Lipinski definition) is 1. The molecule has 154 valence electrons. The van der Waals surface area contributed by atoms with Crippen molar-refractivity contribution in [2.24, 2.45) is 7.05 Å². The fourth-order valence-electron chi connectivity index (χ4n) is 3.68. The number of fused-ring (bicyclic) bond motifs is 1. The third kappa shape index (κ3) is 3.91. The summed E-state index contributed by atoms with van der Waals surface area (Å²) in [7, 11) is 3.68. The van der Waals surface area contributed by atoms with Gasteiger partial charge in [-0.05, 0) is 61.4 Å². The molecule has 4 rings (SSSR count). The number of aryl methyl sites for hydroxylation is 1. The molecular formula is C23H23ClN4O2. The summed E-state index contributed by atoms with van der Waals surface area (Å²) in [6.45, 7) is 1.99. The molecule has 0 radical (unpaired) electrons. The first-order chi connectivity index (χ1) is 14.5. The van der Waals surface area contributed by atoms with E-state index in [1.165, 1.54) is 0 Å². The number of carbonyl (C=O) groups is 1. The van der Waals surface area contributed by atoms with Crippen molar-refractivity contribution in [1.82, 2.24) is 19.7 Å². The SMILES string of the molecule is COc1ccc2c(c1)c(CC(C)NC(=O)c1cc(-n3cccn3)ccc1Cl)cn2C. The van der Waals surface area contributed by atoms with E-state index in [1.54, 1.807) is 30.1 Å². The van der Waals surface area contributed by atoms with E-state index in [2.05, 4.69) is 21.2 Å².